The van der Waals surface area contributed by atoms with Crippen LogP contribution in [0.25, 0.3) is 0 Å². The predicted octanol–water partition coefficient (Wildman–Crippen LogP) is 3.47. The number of thiophene rings is 1. The van der Waals surface area contributed by atoms with E-state index in [-0.39, 0.29) is 0 Å². The lowest BCUT2D eigenvalue weighted by molar-refractivity contribution is 0.606. The summed E-state index contributed by atoms with van der Waals surface area (Å²) in [5.74, 6) is 0. The summed E-state index contributed by atoms with van der Waals surface area (Å²) >= 11 is 6.97. The van der Waals surface area contributed by atoms with Crippen LogP contribution in [0.4, 0.5) is 0 Å². The van der Waals surface area contributed by atoms with E-state index in [2.05, 4.69) is 38.4 Å². The smallest absolute Gasteiger partial charge is 0.0794 e. The molecule has 0 saturated heterocycles. The lowest BCUT2D eigenvalue weighted by atomic mass is 10.1. The summed E-state index contributed by atoms with van der Waals surface area (Å²) in [5, 5.41) is 3.32. The van der Waals surface area contributed by atoms with Crippen LogP contribution in [-0.2, 0) is 6.42 Å². The molecule has 15 heavy (non-hydrogen) atoms. The second kappa shape index (κ2) is 5.21. The Kier molecular flexibility index (Phi) is 3.91. The summed E-state index contributed by atoms with van der Waals surface area (Å²) in [6.45, 7) is 0. The molecule has 1 atom stereocenters. The average molecular weight is 303 g/mol. The fraction of sp³-hybridized carbons (Fsp3) is 0.300. The summed E-state index contributed by atoms with van der Waals surface area (Å²) in [6.07, 6.45) is 2.96. The van der Waals surface area contributed by atoms with Crippen LogP contribution in [0.3, 0.4) is 0 Å². The van der Waals surface area contributed by atoms with Gasteiger partial charge in [0.25, 0.3) is 0 Å². The minimum Gasteiger partial charge on any atom is -0.312 e. The number of rotatable bonds is 4. The lowest BCUT2D eigenvalue weighted by Gasteiger charge is -2.12. The van der Waals surface area contributed by atoms with Crippen molar-refractivity contribution in [3.8, 4) is 0 Å². The largest absolute Gasteiger partial charge is 0.312 e. The van der Waals surface area contributed by atoms with Crippen LogP contribution in [0.2, 0.25) is 0 Å². The van der Waals surface area contributed by atoms with E-state index in [1.807, 2.05) is 18.8 Å². The van der Waals surface area contributed by atoms with Crippen molar-refractivity contribution >= 4 is 38.6 Å². The topological polar surface area (TPSA) is 24.9 Å². The van der Waals surface area contributed by atoms with E-state index >= 15 is 0 Å². The van der Waals surface area contributed by atoms with Crippen LogP contribution in [0, 0.1) is 0 Å². The quantitative estimate of drug-likeness (QED) is 0.935. The van der Waals surface area contributed by atoms with Crippen LogP contribution in [0.5, 0.6) is 0 Å². The van der Waals surface area contributed by atoms with E-state index in [1.165, 1.54) is 13.5 Å². The Morgan fingerprint density at radius 1 is 1.53 bits per heavy atom. The van der Waals surface area contributed by atoms with Crippen molar-refractivity contribution in [1.29, 1.82) is 0 Å². The number of halogens is 1. The van der Waals surface area contributed by atoms with Gasteiger partial charge in [-0.15, -0.1) is 22.7 Å². The number of thiazole rings is 1. The van der Waals surface area contributed by atoms with E-state index in [1.54, 1.807) is 22.7 Å². The van der Waals surface area contributed by atoms with Gasteiger partial charge < -0.3 is 5.32 Å². The first kappa shape index (κ1) is 11.3. The first-order chi connectivity index (χ1) is 7.29. The fourth-order valence-corrected chi connectivity index (χ4v) is 3.66. The molecule has 0 fully saturated rings. The Morgan fingerprint density at radius 3 is 2.93 bits per heavy atom. The molecule has 2 heterocycles. The SMILES string of the molecule is CNC(Cc1ccc(Br)s1)c1cncs1. The molecule has 0 aliphatic heterocycles. The van der Waals surface area contributed by atoms with Crippen molar-refractivity contribution in [3.05, 3.63) is 37.4 Å². The van der Waals surface area contributed by atoms with Crippen LogP contribution >= 0.6 is 38.6 Å². The number of hydrogen-bond donors (Lipinski definition) is 1. The van der Waals surface area contributed by atoms with E-state index in [9.17, 15) is 0 Å². The lowest BCUT2D eigenvalue weighted by Crippen LogP contribution is -2.17. The van der Waals surface area contributed by atoms with Gasteiger partial charge in [-0.2, -0.15) is 0 Å². The van der Waals surface area contributed by atoms with Crippen molar-refractivity contribution < 1.29 is 0 Å². The van der Waals surface area contributed by atoms with E-state index < -0.39 is 0 Å². The number of hydrogen-bond acceptors (Lipinski definition) is 4. The van der Waals surface area contributed by atoms with E-state index in [0.717, 1.165) is 6.42 Å². The zero-order valence-electron chi connectivity index (χ0n) is 8.24. The van der Waals surface area contributed by atoms with Crippen LogP contribution in [-0.4, -0.2) is 12.0 Å². The van der Waals surface area contributed by atoms with Crippen molar-refractivity contribution in [2.75, 3.05) is 7.05 Å². The molecular weight excluding hydrogens is 292 g/mol. The van der Waals surface area contributed by atoms with Gasteiger partial charge >= 0.3 is 0 Å². The second-order valence-corrected chi connectivity index (χ2v) is 6.62. The maximum Gasteiger partial charge on any atom is 0.0794 e. The van der Waals surface area contributed by atoms with E-state index in [0.29, 0.717) is 6.04 Å². The monoisotopic (exact) mass is 302 g/mol. The fourth-order valence-electron chi connectivity index (χ4n) is 1.41. The van der Waals surface area contributed by atoms with Gasteiger partial charge in [-0.1, -0.05) is 0 Å². The zero-order valence-corrected chi connectivity index (χ0v) is 11.5. The number of likely N-dealkylation sites (N-methyl/N-ethyl adjacent to an activating group) is 1. The molecule has 2 nitrogen and oxygen atoms in total. The number of aromatic nitrogens is 1. The number of nitrogens with one attached hydrogen (secondary N) is 1. The van der Waals surface area contributed by atoms with Crippen LogP contribution < -0.4 is 5.32 Å². The zero-order chi connectivity index (χ0) is 10.7. The normalized spacial score (nSPS) is 12.9. The third-order valence-corrected chi connectivity index (χ3v) is 4.71. The van der Waals surface area contributed by atoms with Crippen LogP contribution in [0.1, 0.15) is 15.8 Å². The molecule has 2 aromatic heterocycles. The standard InChI is InChI=1S/C10H11BrN2S2/c1-12-8(9-5-13-6-14-9)4-7-2-3-10(11)15-7/h2-3,5-6,8,12H,4H2,1H3. The molecule has 0 spiro atoms. The maximum atomic E-state index is 4.11. The molecule has 0 bridgehead atoms. The first-order valence-electron chi connectivity index (χ1n) is 4.59. The first-order valence-corrected chi connectivity index (χ1v) is 7.08. The summed E-state index contributed by atoms with van der Waals surface area (Å²) < 4.78 is 1.19. The maximum absolute atomic E-state index is 4.11. The minimum atomic E-state index is 0.378. The molecule has 0 aliphatic rings. The Bertz CT molecular complexity index is 411. The molecule has 1 unspecified atom stereocenters. The third-order valence-electron chi connectivity index (χ3n) is 2.18. The Balaban J connectivity index is 2.09. The molecule has 0 amide bonds. The van der Waals surface area contributed by atoms with Crippen molar-refractivity contribution in [3.63, 3.8) is 0 Å². The molecule has 0 aliphatic carbocycles. The van der Waals surface area contributed by atoms with Gasteiger partial charge in [0.05, 0.1) is 9.30 Å². The summed E-state index contributed by atoms with van der Waals surface area (Å²) in [4.78, 5) is 6.79. The molecular formula is C10H11BrN2S2. The highest BCUT2D eigenvalue weighted by atomic mass is 79.9. The average Bonchev–Trinajstić information content (AvgIpc) is 2.85. The van der Waals surface area contributed by atoms with Gasteiger partial charge in [-0.25, -0.2) is 0 Å². The molecule has 2 rings (SSSR count). The molecule has 80 valence electrons. The Morgan fingerprint density at radius 2 is 2.40 bits per heavy atom. The minimum absolute atomic E-state index is 0.378. The highest BCUT2D eigenvalue weighted by molar-refractivity contribution is 9.11. The van der Waals surface area contributed by atoms with Crippen molar-refractivity contribution in [2.24, 2.45) is 0 Å². The van der Waals surface area contributed by atoms with Crippen molar-refractivity contribution in [1.82, 2.24) is 10.3 Å². The Labute approximate surface area is 106 Å². The molecule has 5 heteroatoms. The highest BCUT2D eigenvalue weighted by Gasteiger charge is 2.12. The molecule has 0 radical (unpaired) electrons. The van der Waals surface area contributed by atoms with Crippen molar-refractivity contribution in [2.45, 2.75) is 12.5 Å². The summed E-state index contributed by atoms with van der Waals surface area (Å²) in [7, 11) is 1.99. The van der Waals surface area contributed by atoms with Gasteiger partial charge in [0.1, 0.15) is 0 Å². The van der Waals surface area contributed by atoms with Gasteiger partial charge in [0.15, 0.2) is 0 Å². The predicted molar refractivity (Wildman–Crippen MR) is 69.6 cm³/mol. The second-order valence-electron chi connectivity index (χ2n) is 3.16. The third kappa shape index (κ3) is 2.87. The van der Waals surface area contributed by atoms with Gasteiger partial charge in [-0.3, -0.25) is 4.98 Å². The number of nitrogens with zero attached hydrogens (tertiary/aromatic N) is 1. The van der Waals surface area contributed by atoms with Crippen LogP contribution in [0.15, 0.2) is 27.6 Å². The van der Waals surface area contributed by atoms with E-state index in [4.69, 9.17) is 0 Å². The van der Waals surface area contributed by atoms with Gasteiger partial charge in [0, 0.05) is 28.4 Å². The molecule has 1 N–H and O–H groups in total. The van der Waals surface area contributed by atoms with Gasteiger partial charge in [-0.05, 0) is 35.1 Å². The summed E-state index contributed by atoms with van der Waals surface area (Å²) in [6, 6.07) is 4.64. The molecule has 2 aromatic rings. The summed E-state index contributed by atoms with van der Waals surface area (Å²) in [5.41, 5.74) is 1.88. The molecule has 0 saturated carbocycles. The highest BCUT2D eigenvalue weighted by Crippen LogP contribution is 2.27. The molecule has 0 aromatic carbocycles. The Hall–Kier alpha value is -0.230. The van der Waals surface area contributed by atoms with Gasteiger partial charge in [0.2, 0.25) is 0 Å².